The maximum atomic E-state index is 12.6. The molecule has 2 aromatic carbocycles. The van der Waals surface area contributed by atoms with E-state index in [2.05, 4.69) is 37.0 Å². The average molecular weight is 469 g/mol. The fraction of sp³-hybridized carbons (Fsp3) is 0.185. The van der Waals surface area contributed by atoms with Gasteiger partial charge in [0.1, 0.15) is 0 Å². The number of urea groups is 1. The molecular weight excluding hydrogens is 440 g/mol. The Bertz CT molecular complexity index is 1320. The number of hydrogen-bond donors (Lipinski definition) is 4. The van der Waals surface area contributed by atoms with E-state index in [1.165, 1.54) is 5.56 Å². The van der Waals surface area contributed by atoms with Crippen molar-refractivity contribution in [1.82, 2.24) is 20.3 Å². The Kier molecular flexibility index (Phi) is 7.98. The Balaban J connectivity index is 1.28. The SMILES string of the molecule is Cc1ccccc1NC(=O)Nc1nc(=O)c(-c2ccc(CNCCCc3cccnc3)cc2)c[nH]1. The number of aryl methyl sites for hydroxylation is 2. The van der Waals surface area contributed by atoms with Gasteiger partial charge in [-0.3, -0.25) is 15.1 Å². The number of nitrogens with one attached hydrogen (secondary N) is 4. The zero-order valence-corrected chi connectivity index (χ0v) is 19.5. The first-order chi connectivity index (χ1) is 17.1. The molecule has 0 bridgehead atoms. The van der Waals surface area contributed by atoms with Crippen molar-refractivity contribution < 1.29 is 4.79 Å². The van der Waals surface area contributed by atoms with Crippen molar-refractivity contribution in [2.75, 3.05) is 17.2 Å². The number of anilines is 2. The van der Waals surface area contributed by atoms with Crippen LogP contribution in [-0.4, -0.2) is 27.5 Å². The lowest BCUT2D eigenvalue weighted by atomic mass is 10.1. The third kappa shape index (κ3) is 6.84. The molecule has 4 rings (SSSR count). The zero-order chi connectivity index (χ0) is 24.5. The Labute approximate surface area is 203 Å². The first-order valence-corrected chi connectivity index (χ1v) is 11.5. The number of para-hydroxylation sites is 1. The largest absolute Gasteiger partial charge is 0.331 e. The molecule has 0 spiro atoms. The smallest absolute Gasteiger partial charge is 0.326 e. The fourth-order valence-corrected chi connectivity index (χ4v) is 3.64. The molecular formula is C27H28N6O2. The van der Waals surface area contributed by atoms with Gasteiger partial charge in [-0.2, -0.15) is 4.98 Å². The summed E-state index contributed by atoms with van der Waals surface area (Å²) in [6.07, 6.45) is 7.28. The van der Waals surface area contributed by atoms with Gasteiger partial charge in [0, 0.05) is 30.8 Å². The summed E-state index contributed by atoms with van der Waals surface area (Å²) in [5.74, 6) is 0.0805. The number of carbonyl (C=O) groups is 1. The summed E-state index contributed by atoms with van der Waals surface area (Å²) < 4.78 is 0. The zero-order valence-electron chi connectivity index (χ0n) is 19.5. The van der Waals surface area contributed by atoms with Gasteiger partial charge in [0.05, 0.1) is 5.56 Å². The number of H-pyrrole nitrogens is 1. The predicted octanol–water partition coefficient (Wildman–Crippen LogP) is 4.51. The summed E-state index contributed by atoms with van der Waals surface area (Å²) in [4.78, 5) is 35.8. The maximum absolute atomic E-state index is 12.6. The van der Waals surface area contributed by atoms with Crippen LogP contribution in [-0.2, 0) is 13.0 Å². The molecule has 4 aromatic rings. The minimum Gasteiger partial charge on any atom is -0.331 e. The predicted molar refractivity (Wildman–Crippen MR) is 138 cm³/mol. The van der Waals surface area contributed by atoms with E-state index in [-0.39, 0.29) is 5.95 Å². The number of nitrogens with zero attached hydrogens (tertiary/aromatic N) is 2. The van der Waals surface area contributed by atoms with E-state index in [9.17, 15) is 9.59 Å². The highest BCUT2D eigenvalue weighted by atomic mass is 16.2. The van der Waals surface area contributed by atoms with Gasteiger partial charge >= 0.3 is 6.03 Å². The fourth-order valence-electron chi connectivity index (χ4n) is 3.64. The van der Waals surface area contributed by atoms with Crippen LogP contribution >= 0.6 is 0 Å². The molecule has 8 heteroatoms. The number of rotatable bonds is 9. The summed E-state index contributed by atoms with van der Waals surface area (Å²) in [5, 5.41) is 8.75. The van der Waals surface area contributed by atoms with Crippen LogP contribution in [0.5, 0.6) is 0 Å². The molecule has 0 aliphatic heterocycles. The molecule has 8 nitrogen and oxygen atoms in total. The topological polar surface area (TPSA) is 112 Å². The molecule has 0 aliphatic rings. The molecule has 2 heterocycles. The van der Waals surface area contributed by atoms with E-state index >= 15 is 0 Å². The number of pyridine rings is 1. The summed E-state index contributed by atoms with van der Waals surface area (Å²) in [6.45, 7) is 3.56. The van der Waals surface area contributed by atoms with Crippen LogP contribution in [0.25, 0.3) is 11.1 Å². The van der Waals surface area contributed by atoms with E-state index in [0.29, 0.717) is 11.3 Å². The van der Waals surface area contributed by atoms with E-state index in [1.807, 2.05) is 61.7 Å². The maximum Gasteiger partial charge on any atom is 0.326 e. The van der Waals surface area contributed by atoms with Crippen molar-refractivity contribution in [2.45, 2.75) is 26.3 Å². The van der Waals surface area contributed by atoms with Crippen LogP contribution in [0.4, 0.5) is 16.4 Å². The lowest BCUT2D eigenvalue weighted by molar-refractivity contribution is 0.262. The van der Waals surface area contributed by atoms with Gasteiger partial charge in [0.25, 0.3) is 5.56 Å². The van der Waals surface area contributed by atoms with Crippen molar-refractivity contribution in [3.05, 3.63) is 106 Å². The Morgan fingerprint density at radius 2 is 1.80 bits per heavy atom. The summed E-state index contributed by atoms with van der Waals surface area (Å²) in [5.41, 5.74) is 4.77. The van der Waals surface area contributed by atoms with E-state index in [4.69, 9.17) is 0 Å². The van der Waals surface area contributed by atoms with Crippen LogP contribution in [0.1, 0.15) is 23.1 Å². The first kappa shape index (κ1) is 23.8. The molecule has 2 aromatic heterocycles. The summed E-state index contributed by atoms with van der Waals surface area (Å²) in [6, 6.07) is 18.8. The average Bonchev–Trinajstić information content (AvgIpc) is 2.86. The van der Waals surface area contributed by atoms with Crippen molar-refractivity contribution in [3.63, 3.8) is 0 Å². The van der Waals surface area contributed by atoms with Crippen LogP contribution in [0.2, 0.25) is 0 Å². The molecule has 4 N–H and O–H groups in total. The Hall–Kier alpha value is -4.30. The second kappa shape index (κ2) is 11.7. The van der Waals surface area contributed by atoms with Crippen molar-refractivity contribution in [2.24, 2.45) is 0 Å². The molecule has 0 saturated carbocycles. The number of benzene rings is 2. The van der Waals surface area contributed by atoms with E-state index in [1.54, 1.807) is 18.5 Å². The summed E-state index contributed by atoms with van der Waals surface area (Å²) >= 11 is 0. The van der Waals surface area contributed by atoms with Crippen LogP contribution < -0.4 is 21.5 Å². The Morgan fingerprint density at radius 3 is 2.54 bits per heavy atom. The Morgan fingerprint density at radius 1 is 0.971 bits per heavy atom. The first-order valence-electron chi connectivity index (χ1n) is 11.5. The molecule has 35 heavy (non-hydrogen) atoms. The van der Waals surface area contributed by atoms with Gasteiger partial charge in [-0.25, -0.2) is 4.79 Å². The minimum atomic E-state index is -0.479. The van der Waals surface area contributed by atoms with Gasteiger partial charge in [-0.1, -0.05) is 48.5 Å². The summed E-state index contributed by atoms with van der Waals surface area (Å²) in [7, 11) is 0. The highest BCUT2D eigenvalue weighted by molar-refractivity contribution is 5.99. The molecule has 178 valence electrons. The van der Waals surface area contributed by atoms with E-state index in [0.717, 1.165) is 42.6 Å². The number of hydrogen-bond acceptors (Lipinski definition) is 5. The van der Waals surface area contributed by atoms with Crippen LogP contribution in [0.15, 0.2) is 84.0 Å². The molecule has 0 aliphatic carbocycles. The third-order valence-electron chi connectivity index (χ3n) is 5.56. The van der Waals surface area contributed by atoms with Crippen LogP contribution in [0, 0.1) is 6.92 Å². The van der Waals surface area contributed by atoms with Crippen molar-refractivity contribution in [1.29, 1.82) is 0 Å². The lowest BCUT2D eigenvalue weighted by Crippen LogP contribution is -2.23. The monoisotopic (exact) mass is 468 g/mol. The molecule has 2 amide bonds. The molecule has 0 atom stereocenters. The normalized spacial score (nSPS) is 10.7. The van der Waals surface area contributed by atoms with Gasteiger partial charge < -0.3 is 15.6 Å². The highest BCUT2D eigenvalue weighted by Crippen LogP contribution is 2.16. The number of amides is 2. The second-order valence-corrected chi connectivity index (χ2v) is 8.20. The van der Waals surface area contributed by atoms with Gasteiger partial charge in [-0.15, -0.1) is 0 Å². The van der Waals surface area contributed by atoms with Crippen LogP contribution in [0.3, 0.4) is 0 Å². The number of aromatic nitrogens is 3. The van der Waals surface area contributed by atoms with Gasteiger partial charge in [-0.05, 0) is 60.7 Å². The minimum absolute atomic E-state index is 0.0805. The third-order valence-corrected chi connectivity index (χ3v) is 5.56. The van der Waals surface area contributed by atoms with E-state index < -0.39 is 11.6 Å². The number of aromatic amines is 1. The van der Waals surface area contributed by atoms with Gasteiger partial charge in [0.15, 0.2) is 0 Å². The lowest BCUT2D eigenvalue weighted by Gasteiger charge is -2.09. The second-order valence-electron chi connectivity index (χ2n) is 8.20. The van der Waals surface area contributed by atoms with Crippen molar-refractivity contribution in [3.8, 4) is 11.1 Å². The molecule has 0 saturated heterocycles. The molecule has 0 unspecified atom stereocenters. The highest BCUT2D eigenvalue weighted by Gasteiger charge is 2.09. The standard InChI is InChI=1S/C27H28N6O2/c1-19-6-2-3-9-24(19)31-27(35)33-26-30-18-23(25(34)32-26)22-12-10-21(11-13-22)17-29-15-5-8-20-7-4-14-28-16-20/h2-4,6-7,9-14,16,18,29H,5,8,15,17H2,1H3,(H3,30,31,32,33,34,35). The molecule has 0 radical (unpaired) electrons. The number of carbonyl (C=O) groups excluding carboxylic acids is 1. The molecule has 0 fully saturated rings. The quantitative estimate of drug-likeness (QED) is 0.270. The van der Waals surface area contributed by atoms with Gasteiger partial charge in [0.2, 0.25) is 5.95 Å². The van der Waals surface area contributed by atoms with Crippen molar-refractivity contribution >= 4 is 17.7 Å².